The van der Waals surface area contributed by atoms with E-state index in [4.69, 9.17) is 5.84 Å². The van der Waals surface area contributed by atoms with Crippen LogP contribution in [0, 0.1) is 0 Å². The Hall–Kier alpha value is -1.56. The van der Waals surface area contributed by atoms with Crippen LogP contribution in [-0.4, -0.2) is 15.8 Å². The van der Waals surface area contributed by atoms with Crippen LogP contribution in [0.2, 0.25) is 0 Å². The van der Waals surface area contributed by atoms with E-state index in [2.05, 4.69) is 5.32 Å². The first-order valence-electron chi connectivity index (χ1n) is 4.02. The van der Waals surface area contributed by atoms with Crippen LogP contribution in [0.5, 0.6) is 0 Å². The number of nitrogens with two attached hydrogens (primary N) is 1. The molecule has 6 nitrogen and oxygen atoms in total. The van der Waals surface area contributed by atoms with Crippen molar-refractivity contribution in [2.24, 2.45) is 0 Å². The highest BCUT2D eigenvalue weighted by molar-refractivity contribution is 5.04. The molecule has 0 saturated carbocycles. The Bertz CT molecular complexity index is 445. The lowest BCUT2D eigenvalue weighted by atomic mass is 10.3. The van der Waals surface area contributed by atoms with Crippen molar-refractivity contribution in [1.82, 2.24) is 14.6 Å². The van der Waals surface area contributed by atoms with Crippen molar-refractivity contribution >= 4 is 0 Å². The minimum absolute atomic E-state index is 0.441. The smallest absolute Gasteiger partial charge is 0.332 e. The van der Waals surface area contributed by atoms with Crippen molar-refractivity contribution in [2.75, 3.05) is 12.4 Å². The molecule has 0 radical (unpaired) electrons. The fourth-order valence-corrected chi connectivity index (χ4v) is 1.43. The van der Waals surface area contributed by atoms with Crippen LogP contribution in [0.15, 0.2) is 15.7 Å². The van der Waals surface area contributed by atoms with Gasteiger partial charge in [0.15, 0.2) is 0 Å². The Labute approximate surface area is 73.6 Å². The molecule has 0 bridgehead atoms. The number of hydrogen-bond acceptors (Lipinski definition) is 4. The molecule has 0 saturated heterocycles. The average molecular weight is 182 g/mol. The molecule has 0 aliphatic carbocycles. The molecule has 0 unspecified atom stereocenters. The molecular weight excluding hydrogens is 172 g/mol. The van der Waals surface area contributed by atoms with Gasteiger partial charge in [-0.1, -0.05) is 0 Å². The molecular formula is C7H10N4O2. The van der Waals surface area contributed by atoms with E-state index < -0.39 is 11.2 Å². The Morgan fingerprint density at radius 2 is 2.23 bits per heavy atom. The van der Waals surface area contributed by atoms with E-state index >= 15 is 0 Å². The number of aromatic nitrogens is 2. The summed E-state index contributed by atoms with van der Waals surface area (Å²) in [5, 5.41) is 3.07. The van der Waals surface area contributed by atoms with Crippen LogP contribution in [-0.2, 0) is 13.1 Å². The van der Waals surface area contributed by atoms with Crippen LogP contribution >= 0.6 is 0 Å². The lowest BCUT2D eigenvalue weighted by Gasteiger charge is -2.18. The molecule has 2 rings (SSSR count). The first kappa shape index (κ1) is 8.06. The standard InChI is InChI=1S/C7H10N4O2/c8-11-6(12)3-5-4-9-1-2-10(5)7(11)13/h3,9H,1-2,4,8H2. The zero-order chi connectivity index (χ0) is 9.42. The molecule has 0 aromatic carbocycles. The summed E-state index contributed by atoms with van der Waals surface area (Å²) >= 11 is 0. The van der Waals surface area contributed by atoms with Gasteiger partial charge in [-0.25, -0.2) is 4.79 Å². The van der Waals surface area contributed by atoms with Gasteiger partial charge in [0, 0.05) is 31.4 Å². The maximum Gasteiger partial charge on any atom is 0.350 e. The molecule has 6 heteroatoms. The maximum absolute atomic E-state index is 11.4. The minimum atomic E-state index is -0.458. The summed E-state index contributed by atoms with van der Waals surface area (Å²) in [5.41, 5.74) is -0.202. The molecule has 1 aliphatic heterocycles. The van der Waals surface area contributed by atoms with Gasteiger partial charge in [0.1, 0.15) is 0 Å². The second kappa shape index (κ2) is 2.74. The summed E-state index contributed by atoms with van der Waals surface area (Å²) in [6, 6.07) is 1.38. The molecule has 0 fully saturated rings. The monoisotopic (exact) mass is 182 g/mol. The topological polar surface area (TPSA) is 82.0 Å². The van der Waals surface area contributed by atoms with Gasteiger partial charge in [0.25, 0.3) is 5.56 Å². The SMILES string of the molecule is Nn1c(=O)cc2n(c1=O)CCNC2. The van der Waals surface area contributed by atoms with Crippen molar-refractivity contribution in [3.8, 4) is 0 Å². The Morgan fingerprint density at radius 3 is 3.00 bits per heavy atom. The van der Waals surface area contributed by atoms with E-state index in [1.807, 2.05) is 0 Å². The lowest BCUT2D eigenvalue weighted by Crippen LogP contribution is -2.48. The van der Waals surface area contributed by atoms with Crippen molar-refractivity contribution in [3.05, 3.63) is 32.6 Å². The van der Waals surface area contributed by atoms with Gasteiger partial charge in [-0.3, -0.25) is 9.36 Å². The molecule has 2 heterocycles. The molecule has 0 spiro atoms. The van der Waals surface area contributed by atoms with Gasteiger partial charge in [0.2, 0.25) is 0 Å². The van der Waals surface area contributed by atoms with Gasteiger partial charge in [-0.15, -0.1) is 0 Å². The number of nitrogen functional groups attached to an aromatic ring is 1. The second-order valence-corrected chi connectivity index (χ2v) is 2.95. The van der Waals surface area contributed by atoms with E-state index in [1.165, 1.54) is 10.6 Å². The summed E-state index contributed by atoms with van der Waals surface area (Å²) in [6.45, 7) is 1.84. The van der Waals surface area contributed by atoms with E-state index in [9.17, 15) is 9.59 Å². The summed E-state index contributed by atoms with van der Waals surface area (Å²) in [6.07, 6.45) is 0. The first-order chi connectivity index (χ1) is 6.20. The van der Waals surface area contributed by atoms with Crippen LogP contribution in [0.3, 0.4) is 0 Å². The lowest BCUT2D eigenvalue weighted by molar-refractivity contribution is 0.476. The molecule has 1 aromatic heterocycles. The summed E-state index contributed by atoms with van der Waals surface area (Å²) in [4.78, 5) is 22.5. The quantitative estimate of drug-likeness (QED) is 0.447. The third kappa shape index (κ3) is 1.15. The highest BCUT2D eigenvalue weighted by atomic mass is 16.2. The molecule has 70 valence electrons. The Kier molecular flexibility index (Phi) is 1.70. The van der Waals surface area contributed by atoms with Crippen molar-refractivity contribution in [1.29, 1.82) is 0 Å². The van der Waals surface area contributed by atoms with Gasteiger partial charge in [-0.2, -0.15) is 4.68 Å². The predicted octanol–water partition coefficient (Wildman–Crippen LogP) is -2.17. The fourth-order valence-electron chi connectivity index (χ4n) is 1.43. The van der Waals surface area contributed by atoms with E-state index in [-0.39, 0.29) is 0 Å². The van der Waals surface area contributed by atoms with E-state index in [1.54, 1.807) is 0 Å². The number of rotatable bonds is 0. The zero-order valence-corrected chi connectivity index (χ0v) is 6.99. The summed E-state index contributed by atoms with van der Waals surface area (Å²) < 4.78 is 2.15. The molecule has 1 aliphatic rings. The van der Waals surface area contributed by atoms with Crippen LogP contribution < -0.4 is 22.4 Å². The Morgan fingerprint density at radius 1 is 1.46 bits per heavy atom. The largest absolute Gasteiger partial charge is 0.350 e. The summed E-state index contributed by atoms with van der Waals surface area (Å²) in [7, 11) is 0. The third-order valence-corrected chi connectivity index (χ3v) is 2.13. The molecule has 0 atom stereocenters. The normalized spacial score (nSPS) is 15.4. The predicted molar refractivity (Wildman–Crippen MR) is 46.8 cm³/mol. The van der Waals surface area contributed by atoms with Crippen molar-refractivity contribution in [3.63, 3.8) is 0 Å². The first-order valence-corrected chi connectivity index (χ1v) is 4.02. The third-order valence-electron chi connectivity index (χ3n) is 2.13. The van der Waals surface area contributed by atoms with Crippen LogP contribution in [0.25, 0.3) is 0 Å². The molecule has 1 aromatic rings. The fraction of sp³-hybridized carbons (Fsp3) is 0.429. The Balaban J connectivity index is 2.75. The van der Waals surface area contributed by atoms with Gasteiger partial charge >= 0.3 is 5.69 Å². The number of nitrogens with zero attached hydrogens (tertiary/aromatic N) is 2. The molecule has 3 N–H and O–H groups in total. The highest BCUT2D eigenvalue weighted by Crippen LogP contribution is 1.96. The van der Waals surface area contributed by atoms with Gasteiger partial charge in [-0.05, 0) is 0 Å². The molecule has 13 heavy (non-hydrogen) atoms. The average Bonchev–Trinajstić information content (AvgIpc) is 2.15. The van der Waals surface area contributed by atoms with E-state index in [0.29, 0.717) is 23.5 Å². The summed E-state index contributed by atoms with van der Waals surface area (Å²) in [5.74, 6) is 5.26. The number of nitrogens with one attached hydrogen (secondary N) is 1. The van der Waals surface area contributed by atoms with Gasteiger partial charge in [0.05, 0.1) is 0 Å². The minimum Gasteiger partial charge on any atom is -0.332 e. The number of hydrogen-bond donors (Lipinski definition) is 2. The highest BCUT2D eigenvalue weighted by Gasteiger charge is 2.12. The zero-order valence-electron chi connectivity index (χ0n) is 6.99. The second-order valence-electron chi connectivity index (χ2n) is 2.95. The molecule has 0 amide bonds. The van der Waals surface area contributed by atoms with Crippen molar-refractivity contribution in [2.45, 2.75) is 13.1 Å². The van der Waals surface area contributed by atoms with Gasteiger partial charge < -0.3 is 11.2 Å². The van der Waals surface area contributed by atoms with E-state index in [0.717, 1.165) is 6.54 Å². The van der Waals surface area contributed by atoms with Crippen molar-refractivity contribution < 1.29 is 0 Å². The maximum atomic E-state index is 11.4. The number of fused-ring (bicyclic) bond motifs is 1. The van der Waals surface area contributed by atoms with Crippen LogP contribution in [0.1, 0.15) is 5.69 Å². The van der Waals surface area contributed by atoms with Crippen LogP contribution in [0.4, 0.5) is 0 Å².